The standard InChI is InChI=1S/C16H20F3N5/c1-24(2)15-12(4-3-7-22-15)10-20-8-9-21-14-6-5-13(11-23-14)16(17,18)19/h3-7,11,20H,8-10H2,1-2H3,(H,21,23). The van der Waals surface area contributed by atoms with E-state index in [9.17, 15) is 13.2 Å². The zero-order valence-electron chi connectivity index (χ0n) is 13.6. The van der Waals surface area contributed by atoms with E-state index in [4.69, 9.17) is 0 Å². The first-order chi connectivity index (χ1) is 11.4. The number of anilines is 2. The number of aromatic nitrogens is 2. The molecule has 0 saturated heterocycles. The molecule has 130 valence electrons. The Hall–Kier alpha value is -2.35. The van der Waals surface area contributed by atoms with Crippen LogP contribution < -0.4 is 15.5 Å². The summed E-state index contributed by atoms with van der Waals surface area (Å²) in [6, 6.07) is 6.23. The van der Waals surface area contributed by atoms with Gasteiger partial charge in [0.05, 0.1) is 5.56 Å². The van der Waals surface area contributed by atoms with Gasteiger partial charge in [-0.2, -0.15) is 13.2 Å². The van der Waals surface area contributed by atoms with E-state index >= 15 is 0 Å². The lowest BCUT2D eigenvalue weighted by atomic mass is 10.2. The second-order valence-corrected chi connectivity index (χ2v) is 5.41. The van der Waals surface area contributed by atoms with E-state index in [-0.39, 0.29) is 0 Å². The minimum absolute atomic E-state index is 0.417. The topological polar surface area (TPSA) is 53.1 Å². The highest BCUT2D eigenvalue weighted by atomic mass is 19.4. The van der Waals surface area contributed by atoms with Gasteiger partial charge in [-0.3, -0.25) is 0 Å². The molecular weight excluding hydrogens is 319 g/mol. The van der Waals surface area contributed by atoms with Gasteiger partial charge in [0, 0.05) is 51.7 Å². The van der Waals surface area contributed by atoms with Gasteiger partial charge in [0.2, 0.25) is 0 Å². The van der Waals surface area contributed by atoms with E-state index < -0.39 is 11.7 Å². The normalized spacial score (nSPS) is 11.4. The number of nitrogens with one attached hydrogen (secondary N) is 2. The SMILES string of the molecule is CN(C)c1ncccc1CNCCNc1ccc(C(F)(F)F)cn1. The molecule has 5 nitrogen and oxygen atoms in total. The molecule has 8 heteroatoms. The van der Waals surface area contributed by atoms with Crippen LogP contribution >= 0.6 is 0 Å². The van der Waals surface area contributed by atoms with Crippen LogP contribution in [-0.2, 0) is 12.7 Å². The first-order valence-corrected chi connectivity index (χ1v) is 7.47. The van der Waals surface area contributed by atoms with Crippen LogP contribution in [0.4, 0.5) is 24.8 Å². The van der Waals surface area contributed by atoms with Crippen molar-refractivity contribution in [3.8, 4) is 0 Å². The van der Waals surface area contributed by atoms with Crippen molar-refractivity contribution < 1.29 is 13.2 Å². The molecule has 0 aliphatic rings. The lowest BCUT2D eigenvalue weighted by molar-refractivity contribution is -0.137. The van der Waals surface area contributed by atoms with Gasteiger partial charge in [-0.05, 0) is 18.2 Å². The summed E-state index contributed by atoms with van der Waals surface area (Å²) in [5.74, 6) is 1.32. The Kier molecular flexibility index (Phi) is 5.97. The van der Waals surface area contributed by atoms with E-state index in [1.807, 2.05) is 31.1 Å². The molecule has 0 bridgehead atoms. The summed E-state index contributed by atoms with van der Waals surface area (Å²) in [4.78, 5) is 10.0. The third kappa shape index (κ3) is 5.09. The van der Waals surface area contributed by atoms with Crippen molar-refractivity contribution in [2.45, 2.75) is 12.7 Å². The minimum atomic E-state index is -4.36. The van der Waals surface area contributed by atoms with Crippen molar-refractivity contribution >= 4 is 11.6 Å². The number of halogens is 3. The molecule has 0 aliphatic carbocycles. The molecule has 0 radical (unpaired) electrons. The van der Waals surface area contributed by atoms with Crippen LogP contribution in [0.1, 0.15) is 11.1 Å². The lowest BCUT2D eigenvalue weighted by Crippen LogP contribution is -2.23. The summed E-state index contributed by atoms with van der Waals surface area (Å²) in [5.41, 5.74) is 0.328. The quantitative estimate of drug-likeness (QED) is 0.760. The Bertz CT molecular complexity index is 641. The number of hydrogen-bond donors (Lipinski definition) is 2. The van der Waals surface area contributed by atoms with E-state index in [1.165, 1.54) is 6.07 Å². The van der Waals surface area contributed by atoms with Crippen molar-refractivity contribution in [3.05, 3.63) is 47.8 Å². The molecule has 24 heavy (non-hydrogen) atoms. The molecule has 0 unspecified atom stereocenters. The predicted octanol–water partition coefficient (Wildman–Crippen LogP) is 2.76. The second kappa shape index (κ2) is 7.96. The Morgan fingerprint density at radius 2 is 1.88 bits per heavy atom. The highest BCUT2D eigenvalue weighted by molar-refractivity contribution is 5.45. The van der Waals surface area contributed by atoms with E-state index in [0.717, 1.165) is 23.6 Å². The molecule has 2 N–H and O–H groups in total. The largest absolute Gasteiger partial charge is 0.417 e. The zero-order chi connectivity index (χ0) is 17.6. The van der Waals surface area contributed by atoms with E-state index in [1.54, 1.807) is 6.20 Å². The van der Waals surface area contributed by atoms with Crippen LogP contribution in [0.15, 0.2) is 36.7 Å². The van der Waals surface area contributed by atoms with Gasteiger partial charge >= 0.3 is 6.18 Å². The number of pyridine rings is 2. The predicted molar refractivity (Wildman–Crippen MR) is 88.0 cm³/mol. The maximum Gasteiger partial charge on any atom is 0.417 e. The number of nitrogens with zero attached hydrogens (tertiary/aromatic N) is 3. The van der Waals surface area contributed by atoms with Gasteiger partial charge in [-0.25, -0.2) is 9.97 Å². The molecule has 0 atom stereocenters. The molecule has 0 aromatic carbocycles. The Morgan fingerprint density at radius 3 is 2.50 bits per heavy atom. The summed E-state index contributed by atoms with van der Waals surface area (Å²) < 4.78 is 37.3. The van der Waals surface area contributed by atoms with Crippen LogP contribution in [-0.4, -0.2) is 37.2 Å². The van der Waals surface area contributed by atoms with E-state index in [0.29, 0.717) is 25.5 Å². The summed E-state index contributed by atoms with van der Waals surface area (Å²) in [5, 5.41) is 6.25. The summed E-state index contributed by atoms with van der Waals surface area (Å²) in [6.45, 7) is 1.85. The lowest BCUT2D eigenvalue weighted by Gasteiger charge is -2.16. The maximum atomic E-state index is 12.4. The fraction of sp³-hybridized carbons (Fsp3) is 0.375. The van der Waals surface area contributed by atoms with Crippen molar-refractivity contribution in [1.29, 1.82) is 0 Å². The fourth-order valence-electron chi connectivity index (χ4n) is 2.14. The van der Waals surface area contributed by atoms with Gasteiger partial charge in [0.25, 0.3) is 0 Å². The van der Waals surface area contributed by atoms with Gasteiger partial charge in [-0.15, -0.1) is 0 Å². The zero-order valence-corrected chi connectivity index (χ0v) is 13.6. The van der Waals surface area contributed by atoms with Crippen LogP contribution in [0, 0.1) is 0 Å². The molecule has 0 saturated carbocycles. The summed E-state index contributed by atoms with van der Waals surface area (Å²) >= 11 is 0. The van der Waals surface area contributed by atoms with Gasteiger partial charge in [-0.1, -0.05) is 6.07 Å². The van der Waals surface area contributed by atoms with Gasteiger partial charge < -0.3 is 15.5 Å². The first-order valence-electron chi connectivity index (χ1n) is 7.47. The minimum Gasteiger partial charge on any atom is -0.369 e. The third-order valence-electron chi connectivity index (χ3n) is 3.31. The smallest absolute Gasteiger partial charge is 0.369 e. The molecule has 2 aromatic rings. The maximum absolute atomic E-state index is 12.4. The molecule has 0 spiro atoms. The van der Waals surface area contributed by atoms with Crippen LogP contribution in [0.25, 0.3) is 0 Å². The average Bonchev–Trinajstić information content (AvgIpc) is 2.54. The van der Waals surface area contributed by atoms with Crippen LogP contribution in [0.2, 0.25) is 0 Å². The summed E-state index contributed by atoms with van der Waals surface area (Å²) in [6.07, 6.45) is -1.79. The fourth-order valence-corrected chi connectivity index (χ4v) is 2.14. The second-order valence-electron chi connectivity index (χ2n) is 5.41. The molecule has 2 aromatic heterocycles. The molecule has 0 fully saturated rings. The molecular formula is C16H20F3N5. The highest BCUT2D eigenvalue weighted by Crippen LogP contribution is 2.28. The molecule has 0 amide bonds. The van der Waals surface area contributed by atoms with Crippen LogP contribution in [0.3, 0.4) is 0 Å². The van der Waals surface area contributed by atoms with Crippen LogP contribution in [0.5, 0.6) is 0 Å². The number of alkyl halides is 3. The van der Waals surface area contributed by atoms with E-state index in [2.05, 4.69) is 20.6 Å². The van der Waals surface area contributed by atoms with Crippen molar-refractivity contribution in [1.82, 2.24) is 15.3 Å². The Labute approximate surface area is 138 Å². The van der Waals surface area contributed by atoms with Gasteiger partial charge in [0.1, 0.15) is 11.6 Å². The number of hydrogen-bond acceptors (Lipinski definition) is 5. The average molecular weight is 339 g/mol. The molecule has 2 heterocycles. The third-order valence-corrected chi connectivity index (χ3v) is 3.31. The monoisotopic (exact) mass is 339 g/mol. The molecule has 2 rings (SSSR count). The van der Waals surface area contributed by atoms with Crippen molar-refractivity contribution in [2.75, 3.05) is 37.4 Å². The molecule has 0 aliphatic heterocycles. The first kappa shape index (κ1) is 18.0. The Balaban J connectivity index is 1.76. The van der Waals surface area contributed by atoms with Crippen molar-refractivity contribution in [3.63, 3.8) is 0 Å². The van der Waals surface area contributed by atoms with Gasteiger partial charge in [0.15, 0.2) is 0 Å². The number of rotatable bonds is 7. The van der Waals surface area contributed by atoms with Crippen molar-refractivity contribution in [2.24, 2.45) is 0 Å². The Morgan fingerprint density at radius 1 is 1.08 bits per heavy atom. The summed E-state index contributed by atoms with van der Waals surface area (Å²) in [7, 11) is 3.87. The highest BCUT2D eigenvalue weighted by Gasteiger charge is 2.30.